The maximum absolute atomic E-state index is 13.1. The molecule has 0 radical (unpaired) electrons. The van der Waals surface area contributed by atoms with Gasteiger partial charge in [0.25, 0.3) is 5.91 Å². The number of benzene rings is 3. The molecule has 1 amide bonds. The number of hydrogen-bond acceptors (Lipinski definition) is 7. The molecule has 0 bridgehead atoms. The van der Waals surface area contributed by atoms with Crippen molar-refractivity contribution in [3.8, 4) is 5.75 Å². The van der Waals surface area contributed by atoms with E-state index in [1.54, 1.807) is 25.3 Å². The second kappa shape index (κ2) is 10.4. The van der Waals surface area contributed by atoms with Crippen molar-refractivity contribution in [1.82, 2.24) is 20.2 Å². The Balaban J connectivity index is 1.47. The number of nitrogens with zero attached hydrogens (tertiary/aromatic N) is 3. The molecule has 1 aromatic heterocycles. The molecule has 1 fully saturated rings. The molecule has 3 N–H and O–H groups in total. The number of fused-ring (bicyclic) bond motifs is 1. The highest BCUT2D eigenvalue weighted by atomic mass is 35.5. The number of anilines is 4. The molecule has 3 aromatic carbocycles. The smallest absolute Gasteiger partial charge is 0.253 e. The Morgan fingerprint density at radius 2 is 1.75 bits per heavy atom. The topological polar surface area (TPSA) is 91.4 Å². The molecule has 5 rings (SSSR count). The number of para-hydroxylation sites is 2. The lowest BCUT2D eigenvalue weighted by Crippen LogP contribution is -2.33. The van der Waals surface area contributed by atoms with E-state index in [0.717, 1.165) is 29.7 Å². The fourth-order valence-corrected chi connectivity index (χ4v) is 4.42. The van der Waals surface area contributed by atoms with Crippen LogP contribution in [-0.2, 0) is 0 Å². The van der Waals surface area contributed by atoms with Crippen molar-refractivity contribution >= 4 is 51.6 Å². The molecule has 1 saturated heterocycles. The van der Waals surface area contributed by atoms with E-state index in [2.05, 4.69) is 16.0 Å². The van der Waals surface area contributed by atoms with Crippen molar-refractivity contribution in [2.75, 3.05) is 37.9 Å². The maximum Gasteiger partial charge on any atom is 0.253 e. The van der Waals surface area contributed by atoms with Gasteiger partial charge in [-0.25, -0.2) is 9.97 Å². The summed E-state index contributed by atoms with van der Waals surface area (Å²) in [6.07, 6.45) is 0.953. The summed E-state index contributed by atoms with van der Waals surface area (Å²) in [6.45, 7) is 1.45. The number of aromatic nitrogens is 2. The summed E-state index contributed by atoms with van der Waals surface area (Å²) in [4.78, 5) is 24.6. The number of carbonyl (C=O) groups is 1. The summed E-state index contributed by atoms with van der Waals surface area (Å²) in [5.74, 6) is 1.69. The Morgan fingerprint density at radius 3 is 2.44 bits per heavy atom. The number of nitrogens with one attached hydrogen (secondary N) is 3. The van der Waals surface area contributed by atoms with Crippen LogP contribution in [-0.4, -0.2) is 54.1 Å². The van der Waals surface area contributed by atoms with Gasteiger partial charge in [-0.1, -0.05) is 29.8 Å². The van der Waals surface area contributed by atoms with Crippen molar-refractivity contribution in [3.05, 3.63) is 77.3 Å². The van der Waals surface area contributed by atoms with Gasteiger partial charge < -0.3 is 25.6 Å². The molecule has 1 atom stereocenters. The number of carbonyl (C=O) groups excluding carboxylic acids is 1. The Hall–Kier alpha value is -3.88. The molecule has 4 aromatic rings. The molecule has 0 aliphatic carbocycles. The van der Waals surface area contributed by atoms with Crippen LogP contribution in [0.1, 0.15) is 16.8 Å². The average Bonchev–Trinajstić information content (AvgIpc) is 3.39. The van der Waals surface area contributed by atoms with Crippen LogP contribution < -0.4 is 20.7 Å². The number of likely N-dealkylation sites (N-methyl/N-ethyl adjacent to an activating group) is 1. The Kier molecular flexibility index (Phi) is 6.88. The van der Waals surface area contributed by atoms with E-state index in [1.165, 1.54) is 0 Å². The summed E-state index contributed by atoms with van der Waals surface area (Å²) < 4.78 is 5.35. The molecule has 8 nitrogen and oxygen atoms in total. The van der Waals surface area contributed by atoms with Gasteiger partial charge in [-0.05, 0) is 55.9 Å². The van der Waals surface area contributed by atoms with E-state index in [0.29, 0.717) is 46.2 Å². The van der Waals surface area contributed by atoms with E-state index in [4.69, 9.17) is 26.3 Å². The normalized spacial score (nSPS) is 15.2. The van der Waals surface area contributed by atoms with Gasteiger partial charge in [0.05, 0.1) is 28.9 Å². The van der Waals surface area contributed by atoms with Gasteiger partial charge in [0.15, 0.2) is 11.6 Å². The zero-order chi connectivity index (χ0) is 25.1. The number of amides is 1. The van der Waals surface area contributed by atoms with Gasteiger partial charge in [-0.15, -0.1) is 0 Å². The van der Waals surface area contributed by atoms with E-state index in [-0.39, 0.29) is 5.91 Å². The molecule has 9 heteroatoms. The summed E-state index contributed by atoms with van der Waals surface area (Å²) in [5, 5.41) is 10.4. The second-order valence-corrected chi connectivity index (χ2v) is 9.02. The third-order valence-electron chi connectivity index (χ3n) is 6.25. The number of likely N-dealkylation sites (tertiary alicyclic amines) is 1. The Labute approximate surface area is 214 Å². The van der Waals surface area contributed by atoms with Crippen LogP contribution in [0.15, 0.2) is 66.7 Å². The zero-order valence-electron chi connectivity index (χ0n) is 20.1. The molecular formula is C27H27ClN6O2. The van der Waals surface area contributed by atoms with Crippen molar-refractivity contribution < 1.29 is 9.53 Å². The highest BCUT2D eigenvalue weighted by molar-refractivity contribution is 6.33. The molecule has 2 heterocycles. The third kappa shape index (κ3) is 5.05. The number of rotatable bonds is 7. The van der Waals surface area contributed by atoms with Gasteiger partial charge in [0.2, 0.25) is 0 Å². The van der Waals surface area contributed by atoms with Crippen molar-refractivity contribution in [1.29, 1.82) is 0 Å². The Morgan fingerprint density at radius 1 is 1.00 bits per heavy atom. The second-order valence-electron chi connectivity index (χ2n) is 8.61. The highest BCUT2D eigenvalue weighted by Gasteiger charge is 2.26. The first-order valence-corrected chi connectivity index (χ1v) is 12.1. The molecule has 1 aliphatic rings. The molecular weight excluding hydrogens is 476 g/mol. The van der Waals surface area contributed by atoms with Crippen LogP contribution in [0.2, 0.25) is 5.02 Å². The lowest BCUT2D eigenvalue weighted by molar-refractivity contribution is 0.0789. The van der Waals surface area contributed by atoms with Gasteiger partial charge in [0.1, 0.15) is 5.75 Å². The van der Waals surface area contributed by atoms with Crippen molar-refractivity contribution in [2.24, 2.45) is 0 Å². The van der Waals surface area contributed by atoms with Crippen molar-refractivity contribution in [2.45, 2.75) is 12.5 Å². The van der Waals surface area contributed by atoms with Gasteiger partial charge in [0, 0.05) is 36.4 Å². The fraction of sp³-hybridized carbons (Fsp3) is 0.222. The number of ether oxygens (including phenoxy) is 1. The molecule has 0 spiro atoms. The minimum Gasteiger partial charge on any atom is -0.497 e. The van der Waals surface area contributed by atoms with E-state index >= 15 is 0 Å². The molecule has 184 valence electrons. The fourth-order valence-electron chi connectivity index (χ4n) is 4.26. The van der Waals surface area contributed by atoms with Crippen LogP contribution in [0.25, 0.3) is 11.0 Å². The summed E-state index contributed by atoms with van der Waals surface area (Å²) in [6, 6.07) is 20.8. The third-order valence-corrected chi connectivity index (χ3v) is 6.58. The van der Waals surface area contributed by atoms with Crippen LogP contribution in [0.4, 0.5) is 23.0 Å². The monoisotopic (exact) mass is 502 g/mol. The summed E-state index contributed by atoms with van der Waals surface area (Å²) >= 11 is 6.44. The van der Waals surface area contributed by atoms with E-state index in [9.17, 15) is 4.79 Å². The lowest BCUT2D eigenvalue weighted by Gasteiger charge is -2.18. The first-order chi connectivity index (χ1) is 17.5. The molecule has 1 unspecified atom stereocenters. The first-order valence-electron chi connectivity index (χ1n) is 11.7. The summed E-state index contributed by atoms with van der Waals surface area (Å²) in [7, 11) is 3.53. The van der Waals surface area contributed by atoms with Crippen LogP contribution in [0.5, 0.6) is 5.75 Å². The number of methoxy groups -OCH3 is 1. The number of halogens is 1. The van der Waals surface area contributed by atoms with Gasteiger partial charge in [-0.3, -0.25) is 4.79 Å². The SMILES string of the molecule is CNC1CCN(C(=O)c2cccc(Nc3nc4ccccc4nc3Nc3cc(OC)ccc3Cl)c2)C1. The molecule has 1 aliphatic heterocycles. The van der Waals surface area contributed by atoms with Crippen LogP contribution in [0, 0.1) is 0 Å². The lowest BCUT2D eigenvalue weighted by atomic mass is 10.1. The van der Waals surface area contributed by atoms with Gasteiger partial charge >= 0.3 is 0 Å². The quantitative estimate of drug-likeness (QED) is 0.319. The van der Waals surface area contributed by atoms with Gasteiger partial charge in [-0.2, -0.15) is 0 Å². The molecule has 0 saturated carbocycles. The predicted molar refractivity (Wildman–Crippen MR) is 144 cm³/mol. The zero-order valence-corrected chi connectivity index (χ0v) is 20.8. The number of hydrogen-bond donors (Lipinski definition) is 3. The Bertz CT molecular complexity index is 1410. The minimum absolute atomic E-state index is 0.0162. The average molecular weight is 503 g/mol. The van der Waals surface area contributed by atoms with E-state index < -0.39 is 0 Å². The van der Waals surface area contributed by atoms with Crippen molar-refractivity contribution in [3.63, 3.8) is 0 Å². The summed E-state index contributed by atoms with van der Waals surface area (Å²) in [5.41, 5.74) is 3.47. The standard InChI is InChI=1S/C27H27ClN6O2/c1-29-19-12-13-34(16-19)27(35)17-6-5-7-18(14-17)30-25-26(32-23-9-4-3-8-22(23)31-25)33-24-15-20(36-2)10-11-21(24)28/h3-11,14-15,19,29H,12-13,16H2,1-2H3,(H,30,31)(H,32,33). The maximum atomic E-state index is 13.1. The minimum atomic E-state index is 0.0162. The predicted octanol–water partition coefficient (Wildman–Crippen LogP) is 5.21. The van der Waals surface area contributed by atoms with Crippen LogP contribution in [0.3, 0.4) is 0 Å². The van der Waals surface area contributed by atoms with E-state index in [1.807, 2.05) is 60.5 Å². The first kappa shape index (κ1) is 23.8. The highest BCUT2D eigenvalue weighted by Crippen LogP contribution is 2.33. The molecule has 36 heavy (non-hydrogen) atoms. The largest absolute Gasteiger partial charge is 0.497 e. The van der Waals surface area contributed by atoms with Crippen LogP contribution >= 0.6 is 11.6 Å².